The average Bonchev–Trinajstić information content (AvgIpc) is 3.43. The van der Waals surface area contributed by atoms with E-state index in [1.807, 2.05) is 31.4 Å². The lowest BCUT2D eigenvalue weighted by molar-refractivity contribution is -0.140. The predicted molar refractivity (Wildman–Crippen MR) is 125 cm³/mol. The molecule has 7 nitrogen and oxygen atoms in total. The summed E-state index contributed by atoms with van der Waals surface area (Å²) in [5.41, 5.74) is 1.22. The van der Waals surface area contributed by atoms with Crippen molar-refractivity contribution < 1.29 is 24.2 Å². The number of Topliss-reactive ketones (excluding diaryl/α,β-unsaturated/α-hetero) is 1. The molecule has 1 atom stereocenters. The smallest absolute Gasteiger partial charge is 0.295 e. The number of ketones is 1. The van der Waals surface area contributed by atoms with E-state index in [0.29, 0.717) is 30.3 Å². The molecular formula is C25H24N2O5S. The van der Waals surface area contributed by atoms with Gasteiger partial charge >= 0.3 is 0 Å². The fraction of sp³-hybridized carbons (Fsp3) is 0.240. The lowest BCUT2D eigenvalue weighted by Crippen LogP contribution is -2.28. The molecule has 0 radical (unpaired) electrons. The van der Waals surface area contributed by atoms with Crippen LogP contribution in [0.2, 0.25) is 0 Å². The quantitative estimate of drug-likeness (QED) is 0.299. The van der Waals surface area contributed by atoms with Gasteiger partial charge in [0, 0.05) is 29.9 Å². The summed E-state index contributed by atoms with van der Waals surface area (Å²) in [6.07, 6.45) is 3.28. The maximum absolute atomic E-state index is 13.2. The van der Waals surface area contributed by atoms with Crippen molar-refractivity contribution in [2.45, 2.75) is 26.4 Å². The first-order valence-corrected chi connectivity index (χ1v) is 11.5. The molecule has 1 aromatic carbocycles. The molecule has 0 aliphatic carbocycles. The Morgan fingerprint density at radius 3 is 2.52 bits per heavy atom. The number of likely N-dealkylation sites (tertiary alicyclic amines) is 1. The van der Waals surface area contributed by atoms with Gasteiger partial charge in [-0.2, -0.15) is 0 Å². The highest BCUT2D eigenvalue weighted by molar-refractivity contribution is 7.10. The molecule has 1 aliphatic heterocycles. The highest BCUT2D eigenvalue weighted by Crippen LogP contribution is 2.43. The summed E-state index contributed by atoms with van der Waals surface area (Å²) in [6, 6.07) is 11.6. The third-order valence-corrected chi connectivity index (χ3v) is 6.20. The SMILES string of the molecule is CCOc1ccc(/C(O)=C2/C(=O)C(=O)N(Cc3ccncc3)C2c2cccs2)c(OCC)c1. The van der Waals surface area contributed by atoms with Crippen LogP contribution in [0.4, 0.5) is 0 Å². The van der Waals surface area contributed by atoms with Gasteiger partial charge in [-0.25, -0.2) is 0 Å². The van der Waals surface area contributed by atoms with Crippen LogP contribution < -0.4 is 9.47 Å². The number of aliphatic hydroxyl groups is 1. The van der Waals surface area contributed by atoms with Crippen LogP contribution >= 0.6 is 11.3 Å². The Morgan fingerprint density at radius 1 is 1.09 bits per heavy atom. The van der Waals surface area contributed by atoms with Crippen molar-refractivity contribution >= 4 is 28.8 Å². The normalized spacial score (nSPS) is 17.4. The van der Waals surface area contributed by atoms with E-state index in [9.17, 15) is 14.7 Å². The molecule has 1 unspecified atom stereocenters. The van der Waals surface area contributed by atoms with Gasteiger partial charge in [-0.15, -0.1) is 11.3 Å². The Bertz CT molecular complexity index is 1170. The van der Waals surface area contributed by atoms with Gasteiger partial charge < -0.3 is 19.5 Å². The minimum Gasteiger partial charge on any atom is -0.507 e. The van der Waals surface area contributed by atoms with Crippen LogP contribution in [0.25, 0.3) is 5.76 Å². The molecule has 4 rings (SSSR count). The Hall–Kier alpha value is -3.65. The van der Waals surface area contributed by atoms with Crippen molar-refractivity contribution in [3.8, 4) is 11.5 Å². The second-order valence-electron chi connectivity index (χ2n) is 7.32. The van der Waals surface area contributed by atoms with Crippen molar-refractivity contribution in [1.29, 1.82) is 0 Å². The molecule has 3 aromatic rings. The molecule has 1 amide bonds. The van der Waals surface area contributed by atoms with E-state index < -0.39 is 17.7 Å². The number of hydrogen-bond donors (Lipinski definition) is 1. The summed E-state index contributed by atoms with van der Waals surface area (Å²) in [7, 11) is 0. The number of nitrogens with zero attached hydrogens (tertiary/aromatic N) is 2. The van der Waals surface area contributed by atoms with Crippen LogP contribution in [-0.2, 0) is 16.1 Å². The second kappa shape index (κ2) is 9.87. The highest BCUT2D eigenvalue weighted by atomic mass is 32.1. The van der Waals surface area contributed by atoms with Crippen LogP contribution in [0.1, 0.15) is 35.9 Å². The van der Waals surface area contributed by atoms with E-state index in [1.54, 1.807) is 42.7 Å². The summed E-state index contributed by atoms with van der Waals surface area (Å²) in [4.78, 5) is 32.6. The fourth-order valence-electron chi connectivity index (χ4n) is 3.85. The third kappa shape index (κ3) is 4.47. The standard InChI is InChI=1S/C25H24N2O5S/c1-3-31-17-7-8-18(19(14-17)32-4-2)23(28)21-22(20-6-5-13-33-20)27(25(30)24(21)29)15-16-9-11-26-12-10-16/h5-14,22,28H,3-4,15H2,1-2H3/b23-21-. The minimum absolute atomic E-state index is 0.0432. The lowest BCUT2D eigenvalue weighted by Gasteiger charge is -2.24. The van der Waals surface area contributed by atoms with Gasteiger partial charge in [0.05, 0.1) is 30.4 Å². The zero-order valence-electron chi connectivity index (χ0n) is 18.4. The second-order valence-corrected chi connectivity index (χ2v) is 8.30. The summed E-state index contributed by atoms with van der Waals surface area (Å²) in [5, 5.41) is 13.2. The molecule has 33 heavy (non-hydrogen) atoms. The molecule has 1 aliphatic rings. The highest BCUT2D eigenvalue weighted by Gasteiger charge is 2.46. The Morgan fingerprint density at radius 2 is 1.85 bits per heavy atom. The van der Waals surface area contributed by atoms with Crippen LogP contribution in [0.5, 0.6) is 11.5 Å². The van der Waals surface area contributed by atoms with Gasteiger partial charge in [0.25, 0.3) is 11.7 Å². The van der Waals surface area contributed by atoms with E-state index in [2.05, 4.69) is 4.98 Å². The van der Waals surface area contributed by atoms with Crippen LogP contribution in [0.3, 0.4) is 0 Å². The predicted octanol–water partition coefficient (Wildman–Crippen LogP) is 4.56. The molecule has 1 fully saturated rings. The number of thiophene rings is 1. The van der Waals surface area contributed by atoms with Gasteiger partial charge in [-0.3, -0.25) is 14.6 Å². The largest absolute Gasteiger partial charge is 0.507 e. The zero-order chi connectivity index (χ0) is 23.4. The first-order valence-electron chi connectivity index (χ1n) is 10.7. The maximum Gasteiger partial charge on any atom is 0.295 e. The fourth-order valence-corrected chi connectivity index (χ4v) is 4.69. The number of carbonyl (C=O) groups is 2. The molecule has 2 aromatic heterocycles. The number of aliphatic hydroxyl groups excluding tert-OH is 1. The number of pyridine rings is 1. The number of ether oxygens (including phenoxy) is 2. The van der Waals surface area contributed by atoms with Gasteiger partial charge in [-0.05, 0) is 55.1 Å². The Balaban J connectivity index is 1.84. The van der Waals surface area contributed by atoms with E-state index in [4.69, 9.17) is 9.47 Å². The molecular weight excluding hydrogens is 440 g/mol. The lowest BCUT2D eigenvalue weighted by atomic mass is 9.99. The first kappa shape index (κ1) is 22.5. The number of aromatic nitrogens is 1. The molecule has 8 heteroatoms. The molecule has 1 saturated heterocycles. The molecule has 0 spiro atoms. The van der Waals surface area contributed by atoms with Crippen LogP contribution in [0.15, 0.2) is 65.8 Å². The van der Waals surface area contributed by atoms with E-state index >= 15 is 0 Å². The Labute approximate surface area is 195 Å². The van der Waals surface area contributed by atoms with E-state index in [-0.39, 0.29) is 17.9 Å². The van der Waals surface area contributed by atoms with Gasteiger partial charge in [0.1, 0.15) is 17.3 Å². The van der Waals surface area contributed by atoms with Crippen molar-refractivity contribution in [1.82, 2.24) is 9.88 Å². The van der Waals surface area contributed by atoms with Crippen LogP contribution in [0, 0.1) is 0 Å². The number of carbonyl (C=O) groups excluding carboxylic acids is 2. The number of rotatable bonds is 8. The van der Waals surface area contributed by atoms with Gasteiger partial charge in [0.15, 0.2) is 0 Å². The summed E-state index contributed by atoms with van der Waals surface area (Å²) < 4.78 is 11.3. The topological polar surface area (TPSA) is 89.0 Å². The minimum atomic E-state index is -0.726. The van der Waals surface area contributed by atoms with Crippen molar-refractivity contribution in [3.05, 3.63) is 81.8 Å². The number of hydrogen-bond acceptors (Lipinski definition) is 7. The summed E-state index contributed by atoms with van der Waals surface area (Å²) in [6.45, 7) is 4.76. The summed E-state index contributed by atoms with van der Waals surface area (Å²) >= 11 is 1.42. The Kier molecular flexibility index (Phi) is 6.74. The van der Waals surface area contributed by atoms with Crippen molar-refractivity contribution in [3.63, 3.8) is 0 Å². The summed E-state index contributed by atoms with van der Waals surface area (Å²) in [5.74, 6) is -0.681. The average molecular weight is 465 g/mol. The molecule has 170 valence electrons. The maximum atomic E-state index is 13.2. The molecule has 1 N–H and O–H groups in total. The van der Waals surface area contributed by atoms with Gasteiger partial charge in [-0.1, -0.05) is 6.07 Å². The molecule has 0 bridgehead atoms. The van der Waals surface area contributed by atoms with E-state index in [0.717, 1.165) is 10.4 Å². The van der Waals surface area contributed by atoms with Gasteiger partial charge in [0.2, 0.25) is 0 Å². The zero-order valence-corrected chi connectivity index (χ0v) is 19.2. The van der Waals surface area contributed by atoms with E-state index in [1.165, 1.54) is 16.2 Å². The van der Waals surface area contributed by atoms with Crippen molar-refractivity contribution in [2.24, 2.45) is 0 Å². The van der Waals surface area contributed by atoms with Crippen molar-refractivity contribution in [2.75, 3.05) is 13.2 Å². The first-order chi connectivity index (χ1) is 16.0. The monoisotopic (exact) mass is 464 g/mol. The number of amides is 1. The molecule has 3 heterocycles. The molecule has 0 saturated carbocycles. The third-order valence-electron chi connectivity index (χ3n) is 5.27. The van der Waals surface area contributed by atoms with Crippen LogP contribution in [-0.4, -0.2) is 39.9 Å². The number of benzene rings is 1.